The number of rotatable bonds is 6. The molecule has 0 radical (unpaired) electrons. The second-order valence-electron chi connectivity index (χ2n) is 5.40. The van der Waals surface area contributed by atoms with E-state index in [-0.39, 0.29) is 24.8 Å². The summed E-state index contributed by atoms with van der Waals surface area (Å²) in [5, 5.41) is 2.74. The Morgan fingerprint density at radius 2 is 1.79 bits per heavy atom. The number of amides is 1. The number of aryl methyl sites for hydroxylation is 1. The van der Waals surface area contributed by atoms with E-state index in [1.54, 1.807) is 7.11 Å². The SMILES string of the molecule is COC(=O)CCNC(=O)c1cc(C)n(-c2ccc(OC)cc2)c1C. The third kappa shape index (κ3) is 3.76. The molecule has 6 nitrogen and oxygen atoms in total. The van der Waals surface area contributed by atoms with E-state index in [2.05, 4.69) is 10.1 Å². The van der Waals surface area contributed by atoms with Crippen molar-refractivity contribution < 1.29 is 19.1 Å². The Balaban J connectivity index is 2.18. The molecule has 1 aromatic heterocycles. The third-order valence-corrected chi connectivity index (χ3v) is 3.85. The van der Waals surface area contributed by atoms with Crippen LogP contribution in [0.1, 0.15) is 28.2 Å². The number of carbonyl (C=O) groups is 2. The molecule has 0 bridgehead atoms. The van der Waals surface area contributed by atoms with Gasteiger partial charge in [-0.05, 0) is 44.2 Å². The predicted molar refractivity (Wildman–Crippen MR) is 90.8 cm³/mol. The fraction of sp³-hybridized carbons (Fsp3) is 0.333. The van der Waals surface area contributed by atoms with Crippen molar-refractivity contribution in [2.75, 3.05) is 20.8 Å². The molecule has 0 aliphatic carbocycles. The number of benzene rings is 1. The Morgan fingerprint density at radius 3 is 2.38 bits per heavy atom. The van der Waals surface area contributed by atoms with Gasteiger partial charge < -0.3 is 19.4 Å². The highest BCUT2D eigenvalue weighted by Crippen LogP contribution is 2.22. The van der Waals surface area contributed by atoms with Crippen molar-refractivity contribution in [2.24, 2.45) is 0 Å². The molecule has 1 N–H and O–H groups in total. The standard InChI is InChI=1S/C18H22N2O4/c1-12-11-16(18(22)19-10-9-17(21)24-4)13(2)20(12)14-5-7-15(23-3)8-6-14/h5-8,11H,9-10H2,1-4H3,(H,19,22). The monoisotopic (exact) mass is 330 g/mol. The van der Waals surface area contributed by atoms with Crippen LogP contribution in [-0.4, -0.2) is 37.2 Å². The van der Waals surface area contributed by atoms with Crippen LogP contribution in [0.5, 0.6) is 5.75 Å². The van der Waals surface area contributed by atoms with E-state index in [4.69, 9.17) is 4.74 Å². The van der Waals surface area contributed by atoms with Crippen molar-refractivity contribution in [1.29, 1.82) is 0 Å². The highest BCUT2D eigenvalue weighted by Gasteiger charge is 2.16. The smallest absolute Gasteiger partial charge is 0.307 e. The first-order chi connectivity index (χ1) is 11.5. The van der Waals surface area contributed by atoms with E-state index in [0.29, 0.717) is 5.56 Å². The number of nitrogens with zero attached hydrogens (tertiary/aromatic N) is 1. The molecule has 0 fully saturated rings. The zero-order chi connectivity index (χ0) is 17.7. The van der Waals surface area contributed by atoms with Gasteiger partial charge in [-0.1, -0.05) is 0 Å². The van der Waals surface area contributed by atoms with Crippen molar-refractivity contribution in [3.8, 4) is 11.4 Å². The maximum atomic E-state index is 12.3. The van der Waals surface area contributed by atoms with Gasteiger partial charge in [0.25, 0.3) is 5.91 Å². The number of aromatic nitrogens is 1. The van der Waals surface area contributed by atoms with Gasteiger partial charge in [-0.25, -0.2) is 0 Å². The zero-order valence-corrected chi connectivity index (χ0v) is 14.4. The van der Waals surface area contributed by atoms with Crippen molar-refractivity contribution in [3.63, 3.8) is 0 Å². The van der Waals surface area contributed by atoms with E-state index >= 15 is 0 Å². The minimum Gasteiger partial charge on any atom is -0.497 e. The molecule has 0 unspecified atom stereocenters. The van der Waals surface area contributed by atoms with Crippen LogP contribution >= 0.6 is 0 Å². The first-order valence-electron chi connectivity index (χ1n) is 7.66. The maximum absolute atomic E-state index is 12.3. The highest BCUT2D eigenvalue weighted by molar-refractivity contribution is 5.96. The second kappa shape index (κ2) is 7.68. The lowest BCUT2D eigenvalue weighted by Crippen LogP contribution is -2.26. The molecule has 0 aliphatic heterocycles. The average Bonchev–Trinajstić information content (AvgIpc) is 2.89. The normalized spacial score (nSPS) is 10.3. The summed E-state index contributed by atoms with van der Waals surface area (Å²) in [4.78, 5) is 23.4. The van der Waals surface area contributed by atoms with Gasteiger partial charge in [0.15, 0.2) is 0 Å². The minimum absolute atomic E-state index is 0.152. The van der Waals surface area contributed by atoms with Crippen LogP contribution in [0.2, 0.25) is 0 Å². The van der Waals surface area contributed by atoms with Gasteiger partial charge in [0, 0.05) is 23.6 Å². The number of carbonyl (C=O) groups excluding carboxylic acids is 2. The largest absolute Gasteiger partial charge is 0.497 e. The van der Waals surface area contributed by atoms with Crippen molar-refractivity contribution in [3.05, 3.63) is 47.3 Å². The van der Waals surface area contributed by atoms with Gasteiger partial charge in [-0.15, -0.1) is 0 Å². The maximum Gasteiger partial charge on any atom is 0.307 e. The molecule has 0 aliphatic rings. The highest BCUT2D eigenvalue weighted by atomic mass is 16.5. The molecule has 1 aromatic carbocycles. The molecule has 0 saturated heterocycles. The number of hydrogen-bond acceptors (Lipinski definition) is 4. The van der Waals surface area contributed by atoms with Crippen LogP contribution < -0.4 is 10.1 Å². The van der Waals surface area contributed by atoms with Crippen LogP contribution in [0.15, 0.2) is 30.3 Å². The Hall–Kier alpha value is -2.76. The molecule has 2 rings (SSSR count). The lowest BCUT2D eigenvalue weighted by molar-refractivity contribution is -0.140. The molecular weight excluding hydrogens is 308 g/mol. The van der Waals surface area contributed by atoms with E-state index < -0.39 is 0 Å². The molecule has 1 amide bonds. The fourth-order valence-electron chi connectivity index (χ4n) is 2.60. The summed E-state index contributed by atoms with van der Waals surface area (Å²) >= 11 is 0. The fourth-order valence-corrected chi connectivity index (χ4v) is 2.60. The Morgan fingerprint density at radius 1 is 1.12 bits per heavy atom. The minimum atomic E-state index is -0.348. The molecule has 0 atom stereocenters. The second-order valence-corrected chi connectivity index (χ2v) is 5.40. The molecule has 128 valence electrons. The van der Waals surface area contributed by atoms with Crippen LogP contribution in [0.25, 0.3) is 5.69 Å². The van der Waals surface area contributed by atoms with Crippen molar-refractivity contribution in [1.82, 2.24) is 9.88 Å². The first-order valence-corrected chi connectivity index (χ1v) is 7.66. The van der Waals surface area contributed by atoms with Gasteiger partial charge in [-0.2, -0.15) is 0 Å². The third-order valence-electron chi connectivity index (χ3n) is 3.85. The number of esters is 1. The molecule has 0 spiro atoms. The summed E-state index contributed by atoms with van der Waals surface area (Å²) in [5.74, 6) is 0.229. The van der Waals surface area contributed by atoms with Crippen LogP contribution in [0.3, 0.4) is 0 Å². The van der Waals surface area contributed by atoms with Crippen LogP contribution in [0.4, 0.5) is 0 Å². The molecule has 1 heterocycles. The molecule has 6 heteroatoms. The van der Waals surface area contributed by atoms with Crippen LogP contribution in [-0.2, 0) is 9.53 Å². The predicted octanol–water partition coefficient (Wildman–Crippen LogP) is 2.40. The number of methoxy groups -OCH3 is 2. The lowest BCUT2D eigenvalue weighted by atomic mass is 10.2. The van der Waals surface area contributed by atoms with Gasteiger partial charge in [0.05, 0.1) is 26.2 Å². The van der Waals surface area contributed by atoms with Gasteiger partial charge in [-0.3, -0.25) is 9.59 Å². The lowest BCUT2D eigenvalue weighted by Gasteiger charge is -2.11. The van der Waals surface area contributed by atoms with E-state index in [0.717, 1.165) is 22.8 Å². The van der Waals surface area contributed by atoms with Crippen molar-refractivity contribution in [2.45, 2.75) is 20.3 Å². The van der Waals surface area contributed by atoms with Gasteiger partial charge in [0.1, 0.15) is 5.75 Å². The summed E-state index contributed by atoms with van der Waals surface area (Å²) in [6.45, 7) is 4.09. The Labute approximate surface area is 141 Å². The quantitative estimate of drug-likeness (QED) is 0.826. The summed E-state index contributed by atoms with van der Waals surface area (Å²) in [6, 6.07) is 9.48. The van der Waals surface area contributed by atoms with Gasteiger partial charge in [0.2, 0.25) is 0 Å². The summed E-state index contributed by atoms with van der Waals surface area (Å²) in [7, 11) is 2.95. The van der Waals surface area contributed by atoms with E-state index in [9.17, 15) is 9.59 Å². The Bertz CT molecular complexity index is 732. The molecule has 24 heavy (non-hydrogen) atoms. The zero-order valence-electron chi connectivity index (χ0n) is 14.4. The van der Waals surface area contributed by atoms with E-state index in [1.807, 2.05) is 48.7 Å². The Kier molecular flexibility index (Phi) is 5.63. The number of hydrogen-bond donors (Lipinski definition) is 1. The summed E-state index contributed by atoms with van der Waals surface area (Å²) in [5.41, 5.74) is 3.34. The topological polar surface area (TPSA) is 69.6 Å². The van der Waals surface area contributed by atoms with Crippen LogP contribution in [0, 0.1) is 13.8 Å². The van der Waals surface area contributed by atoms with E-state index in [1.165, 1.54) is 7.11 Å². The number of ether oxygens (including phenoxy) is 2. The van der Waals surface area contributed by atoms with Gasteiger partial charge >= 0.3 is 5.97 Å². The molecule has 0 saturated carbocycles. The average molecular weight is 330 g/mol. The number of nitrogens with one attached hydrogen (secondary N) is 1. The molecular formula is C18H22N2O4. The molecule has 2 aromatic rings. The summed E-state index contributed by atoms with van der Waals surface area (Å²) in [6.07, 6.45) is 0.152. The van der Waals surface area contributed by atoms with Crippen molar-refractivity contribution >= 4 is 11.9 Å². The summed E-state index contributed by atoms with van der Waals surface area (Å²) < 4.78 is 11.7. The first kappa shape index (κ1) is 17.6.